The summed E-state index contributed by atoms with van der Waals surface area (Å²) in [5.74, 6) is -3.01. The lowest BCUT2D eigenvalue weighted by Crippen LogP contribution is -2.16. The van der Waals surface area contributed by atoms with Crippen LogP contribution in [0.3, 0.4) is 0 Å². The first-order valence-corrected chi connectivity index (χ1v) is 7.00. The third-order valence-corrected chi connectivity index (χ3v) is 3.36. The van der Waals surface area contributed by atoms with E-state index in [1.165, 1.54) is 43.3 Å². The minimum atomic E-state index is -1.30. The van der Waals surface area contributed by atoms with Crippen molar-refractivity contribution in [3.05, 3.63) is 58.7 Å². The van der Waals surface area contributed by atoms with Crippen molar-refractivity contribution in [1.29, 1.82) is 0 Å². The van der Waals surface area contributed by atoms with Crippen LogP contribution in [0.2, 0.25) is 0 Å². The van der Waals surface area contributed by atoms with Gasteiger partial charge in [-0.2, -0.15) is 0 Å². The molecule has 2 amide bonds. The number of nitrogens with two attached hydrogens (primary N) is 2. The number of carboxylic acid groups (broad SMARTS) is 1. The van der Waals surface area contributed by atoms with Crippen LogP contribution in [0, 0.1) is 0 Å². The van der Waals surface area contributed by atoms with Gasteiger partial charge in [0.2, 0.25) is 11.8 Å². The number of carboxylic acids is 1. The van der Waals surface area contributed by atoms with E-state index in [2.05, 4.69) is 0 Å². The summed E-state index contributed by atoms with van der Waals surface area (Å²) in [5, 5.41) is 9.05. The number of hydrogen-bond donors (Lipinski definition) is 3. The molecule has 8 nitrogen and oxygen atoms in total. The van der Waals surface area contributed by atoms with E-state index in [1.807, 2.05) is 0 Å². The minimum absolute atomic E-state index is 0.0545. The van der Waals surface area contributed by atoms with Gasteiger partial charge in [-0.1, -0.05) is 0 Å². The fourth-order valence-electron chi connectivity index (χ4n) is 2.21. The smallest absolute Gasteiger partial charge is 0.336 e. The van der Waals surface area contributed by atoms with E-state index in [1.54, 1.807) is 0 Å². The minimum Gasteiger partial charge on any atom is -0.478 e. The fraction of sp³-hybridized carbons (Fsp3) is 0.0588. The van der Waals surface area contributed by atoms with Crippen molar-refractivity contribution in [1.82, 2.24) is 0 Å². The number of rotatable bonds is 6. The van der Waals surface area contributed by atoms with Crippen LogP contribution in [0.25, 0.3) is 0 Å². The van der Waals surface area contributed by atoms with Crippen molar-refractivity contribution in [3.63, 3.8) is 0 Å². The van der Waals surface area contributed by atoms with Crippen LogP contribution in [0.1, 0.15) is 48.4 Å². The SMILES string of the molecule is CC(=O)c1cc(Oc2ccc(C(=O)O)c(C(N)=O)c2)ccc1C(N)=O. The van der Waals surface area contributed by atoms with Crippen LogP contribution in [-0.4, -0.2) is 28.7 Å². The summed E-state index contributed by atoms with van der Waals surface area (Å²) in [6.45, 7) is 1.28. The van der Waals surface area contributed by atoms with Crippen molar-refractivity contribution < 1.29 is 29.0 Å². The highest BCUT2D eigenvalue weighted by atomic mass is 16.5. The van der Waals surface area contributed by atoms with Crippen molar-refractivity contribution in [2.45, 2.75) is 6.92 Å². The lowest BCUT2D eigenvalue weighted by atomic mass is 10.0. The zero-order chi connectivity index (χ0) is 18.7. The zero-order valence-electron chi connectivity index (χ0n) is 13.1. The Labute approximate surface area is 142 Å². The summed E-state index contributed by atoms with van der Waals surface area (Å²) in [7, 11) is 0. The monoisotopic (exact) mass is 342 g/mol. The number of ether oxygens (including phenoxy) is 1. The maximum atomic E-state index is 11.6. The lowest BCUT2D eigenvalue weighted by molar-refractivity contribution is 0.0691. The zero-order valence-corrected chi connectivity index (χ0v) is 13.1. The number of ketones is 1. The van der Waals surface area contributed by atoms with Crippen LogP contribution in [0.5, 0.6) is 11.5 Å². The highest BCUT2D eigenvalue weighted by molar-refractivity contribution is 6.07. The molecule has 0 saturated heterocycles. The fourth-order valence-corrected chi connectivity index (χ4v) is 2.21. The molecule has 0 aliphatic rings. The molecule has 0 bridgehead atoms. The van der Waals surface area contributed by atoms with E-state index in [4.69, 9.17) is 21.3 Å². The molecule has 0 unspecified atom stereocenters. The van der Waals surface area contributed by atoms with E-state index in [-0.39, 0.29) is 39.5 Å². The number of aromatic carboxylic acids is 1. The summed E-state index contributed by atoms with van der Waals surface area (Å²) >= 11 is 0. The van der Waals surface area contributed by atoms with Gasteiger partial charge in [0.15, 0.2) is 5.78 Å². The van der Waals surface area contributed by atoms with Gasteiger partial charge in [0.1, 0.15) is 11.5 Å². The maximum absolute atomic E-state index is 11.6. The Morgan fingerprint density at radius 3 is 1.72 bits per heavy atom. The van der Waals surface area contributed by atoms with Gasteiger partial charge in [-0.3, -0.25) is 14.4 Å². The molecule has 8 heteroatoms. The maximum Gasteiger partial charge on any atom is 0.336 e. The van der Waals surface area contributed by atoms with Gasteiger partial charge in [-0.05, 0) is 43.3 Å². The third kappa shape index (κ3) is 3.81. The summed E-state index contributed by atoms with van der Waals surface area (Å²) in [6, 6.07) is 7.79. The highest BCUT2D eigenvalue weighted by Gasteiger charge is 2.17. The first-order chi connectivity index (χ1) is 11.7. The average Bonchev–Trinajstić information content (AvgIpc) is 2.54. The Bertz CT molecular complexity index is 831. The number of primary amides is 2. The molecule has 0 aliphatic carbocycles. The van der Waals surface area contributed by atoms with Gasteiger partial charge < -0.3 is 21.3 Å². The number of benzene rings is 2. The lowest BCUT2D eigenvalue weighted by Gasteiger charge is -2.11. The molecule has 0 heterocycles. The van der Waals surface area contributed by atoms with Crippen molar-refractivity contribution in [2.24, 2.45) is 11.5 Å². The standard InChI is InChI=1S/C17H14N2O6/c1-8(20)13-6-9(2-4-11(13)15(18)21)25-10-3-5-12(17(23)24)14(7-10)16(19)22/h2-7H,1H3,(H2,18,21)(H2,19,22)(H,23,24). The van der Waals surface area contributed by atoms with Gasteiger partial charge in [0.05, 0.1) is 16.7 Å². The second-order valence-electron chi connectivity index (χ2n) is 5.11. The normalized spacial score (nSPS) is 10.1. The average molecular weight is 342 g/mol. The molecular weight excluding hydrogens is 328 g/mol. The molecule has 0 radical (unpaired) electrons. The Morgan fingerprint density at radius 2 is 1.28 bits per heavy atom. The van der Waals surface area contributed by atoms with E-state index < -0.39 is 17.8 Å². The first-order valence-electron chi connectivity index (χ1n) is 7.00. The quantitative estimate of drug-likeness (QED) is 0.678. The molecule has 0 spiro atoms. The largest absolute Gasteiger partial charge is 0.478 e. The van der Waals surface area contributed by atoms with Crippen molar-refractivity contribution in [3.8, 4) is 11.5 Å². The Morgan fingerprint density at radius 1 is 0.800 bits per heavy atom. The molecule has 5 N–H and O–H groups in total. The molecule has 2 aromatic rings. The van der Waals surface area contributed by atoms with Gasteiger partial charge in [-0.15, -0.1) is 0 Å². The van der Waals surface area contributed by atoms with Crippen LogP contribution in [0.4, 0.5) is 0 Å². The van der Waals surface area contributed by atoms with Gasteiger partial charge in [-0.25, -0.2) is 4.79 Å². The summed E-state index contributed by atoms with van der Waals surface area (Å²) < 4.78 is 5.52. The summed E-state index contributed by atoms with van der Waals surface area (Å²) in [5.41, 5.74) is 10.1. The van der Waals surface area contributed by atoms with Crippen LogP contribution >= 0.6 is 0 Å². The second kappa shape index (κ2) is 6.83. The van der Waals surface area contributed by atoms with E-state index in [9.17, 15) is 19.2 Å². The van der Waals surface area contributed by atoms with Crippen LogP contribution < -0.4 is 16.2 Å². The highest BCUT2D eigenvalue weighted by Crippen LogP contribution is 2.26. The van der Waals surface area contributed by atoms with E-state index in [0.29, 0.717) is 0 Å². The molecule has 0 aromatic heterocycles. The predicted molar refractivity (Wildman–Crippen MR) is 87.0 cm³/mol. The molecular formula is C17H14N2O6. The molecule has 25 heavy (non-hydrogen) atoms. The molecule has 0 fully saturated rings. The molecule has 2 rings (SSSR count). The number of Topliss-reactive ketones (excluding diaryl/α,β-unsaturated/α-hetero) is 1. The van der Waals surface area contributed by atoms with E-state index in [0.717, 1.165) is 0 Å². The summed E-state index contributed by atoms with van der Waals surface area (Å²) in [4.78, 5) is 45.5. The Hall–Kier alpha value is -3.68. The number of hydrogen-bond acceptors (Lipinski definition) is 5. The summed E-state index contributed by atoms with van der Waals surface area (Å²) in [6.07, 6.45) is 0. The number of carbonyl (C=O) groups excluding carboxylic acids is 3. The second-order valence-corrected chi connectivity index (χ2v) is 5.11. The molecule has 2 aromatic carbocycles. The Kier molecular flexibility index (Phi) is 4.83. The molecule has 0 saturated carbocycles. The van der Waals surface area contributed by atoms with Crippen molar-refractivity contribution >= 4 is 23.6 Å². The van der Waals surface area contributed by atoms with Gasteiger partial charge in [0.25, 0.3) is 0 Å². The van der Waals surface area contributed by atoms with E-state index >= 15 is 0 Å². The molecule has 128 valence electrons. The Balaban J connectivity index is 2.43. The van der Waals surface area contributed by atoms with Gasteiger partial charge in [0, 0.05) is 5.56 Å². The van der Waals surface area contributed by atoms with Crippen LogP contribution in [0.15, 0.2) is 36.4 Å². The molecule has 0 aliphatic heterocycles. The number of carbonyl (C=O) groups is 4. The molecule has 0 atom stereocenters. The van der Waals surface area contributed by atoms with Crippen molar-refractivity contribution in [2.75, 3.05) is 0 Å². The topological polar surface area (TPSA) is 150 Å². The van der Waals surface area contributed by atoms with Crippen LogP contribution in [-0.2, 0) is 0 Å². The number of amides is 2. The third-order valence-electron chi connectivity index (χ3n) is 3.36. The first kappa shape index (κ1) is 17.7. The van der Waals surface area contributed by atoms with Gasteiger partial charge >= 0.3 is 5.97 Å². The predicted octanol–water partition coefficient (Wildman–Crippen LogP) is 1.58.